The number of anilines is 1. The van der Waals surface area contributed by atoms with E-state index in [4.69, 9.17) is 9.47 Å². The first-order valence-corrected chi connectivity index (χ1v) is 8.23. The normalized spacial score (nSPS) is 16.1. The van der Waals surface area contributed by atoms with Crippen molar-refractivity contribution in [1.29, 1.82) is 0 Å². The van der Waals surface area contributed by atoms with Gasteiger partial charge < -0.3 is 19.5 Å². The van der Waals surface area contributed by atoms with Gasteiger partial charge in [-0.2, -0.15) is 0 Å². The van der Waals surface area contributed by atoms with E-state index in [0.29, 0.717) is 13.2 Å². The number of rotatable bonds is 7. The van der Waals surface area contributed by atoms with Crippen LogP contribution >= 0.6 is 11.3 Å². The van der Waals surface area contributed by atoms with Crippen molar-refractivity contribution >= 4 is 17.0 Å². The molecule has 1 aromatic heterocycles. The fraction of sp³-hybridized carbons (Fsp3) is 0.412. The van der Waals surface area contributed by atoms with Gasteiger partial charge in [0.2, 0.25) is 0 Å². The molecule has 1 aromatic carbocycles. The van der Waals surface area contributed by atoms with Crippen molar-refractivity contribution in [3.8, 4) is 5.75 Å². The Morgan fingerprint density at radius 1 is 1.27 bits per heavy atom. The maximum absolute atomic E-state index is 9.72. The van der Waals surface area contributed by atoms with Crippen LogP contribution in [-0.4, -0.2) is 38.6 Å². The maximum Gasteiger partial charge on any atom is 0.119 e. The molecule has 0 aliphatic carbocycles. The topological polar surface area (TPSA) is 41.9 Å². The molecule has 2 heterocycles. The fourth-order valence-electron chi connectivity index (χ4n) is 2.65. The molecule has 1 saturated heterocycles. The lowest BCUT2D eigenvalue weighted by Crippen LogP contribution is -2.53. The summed E-state index contributed by atoms with van der Waals surface area (Å²) in [5.41, 5.74) is 0.992. The van der Waals surface area contributed by atoms with E-state index in [2.05, 4.69) is 34.5 Å². The van der Waals surface area contributed by atoms with E-state index < -0.39 is 0 Å². The molecule has 3 rings (SSSR count). The standard InChI is InChI=1S/C17H21NO3S/c1-20-15-6-4-14(5-7-15)18(9-16-3-2-8-22-16)10-17(11-19)12-21-13-17/h2-8,19H,9-13H2,1H3. The highest BCUT2D eigenvalue weighted by molar-refractivity contribution is 7.09. The summed E-state index contributed by atoms with van der Waals surface area (Å²) in [7, 11) is 1.67. The van der Waals surface area contributed by atoms with Gasteiger partial charge in [0.15, 0.2) is 0 Å². The molecule has 0 atom stereocenters. The van der Waals surface area contributed by atoms with Crippen LogP contribution < -0.4 is 9.64 Å². The van der Waals surface area contributed by atoms with Crippen molar-refractivity contribution in [2.24, 2.45) is 5.41 Å². The van der Waals surface area contributed by atoms with E-state index in [9.17, 15) is 5.11 Å². The third-order valence-corrected chi connectivity index (χ3v) is 4.90. The van der Waals surface area contributed by atoms with Crippen LogP contribution in [0.2, 0.25) is 0 Å². The number of ether oxygens (including phenoxy) is 2. The predicted octanol–water partition coefficient (Wildman–Crippen LogP) is 2.77. The monoisotopic (exact) mass is 319 g/mol. The lowest BCUT2D eigenvalue weighted by Gasteiger charge is -2.43. The Balaban J connectivity index is 1.81. The summed E-state index contributed by atoms with van der Waals surface area (Å²) in [6.07, 6.45) is 0. The van der Waals surface area contributed by atoms with Gasteiger partial charge in [-0.25, -0.2) is 0 Å². The van der Waals surface area contributed by atoms with Crippen LogP contribution in [0.5, 0.6) is 5.75 Å². The molecule has 22 heavy (non-hydrogen) atoms. The molecule has 0 radical (unpaired) electrons. The number of benzene rings is 1. The summed E-state index contributed by atoms with van der Waals surface area (Å²) in [4.78, 5) is 3.62. The van der Waals surface area contributed by atoms with Crippen LogP contribution in [0, 0.1) is 5.41 Å². The first-order chi connectivity index (χ1) is 10.7. The van der Waals surface area contributed by atoms with Gasteiger partial charge in [-0.05, 0) is 35.7 Å². The van der Waals surface area contributed by atoms with Crippen molar-refractivity contribution in [1.82, 2.24) is 0 Å². The molecular weight excluding hydrogens is 298 g/mol. The van der Waals surface area contributed by atoms with E-state index in [0.717, 1.165) is 24.5 Å². The second-order valence-corrected chi connectivity index (χ2v) is 6.82. The van der Waals surface area contributed by atoms with Crippen molar-refractivity contribution in [2.45, 2.75) is 6.54 Å². The fourth-order valence-corrected chi connectivity index (χ4v) is 3.37. The van der Waals surface area contributed by atoms with Crippen molar-refractivity contribution in [2.75, 3.05) is 38.4 Å². The Morgan fingerprint density at radius 2 is 2.05 bits per heavy atom. The molecule has 5 heteroatoms. The Kier molecular flexibility index (Phi) is 4.66. The molecule has 1 N–H and O–H groups in total. The summed E-state index contributed by atoms with van der Waals surface area (Å²) >= 11 is 1.75. The van der Waals surface area contributed by atoms with Crippen LogP contribution in [0.1, 0.15) is 4.88 Å². The number of thiophene rings is 1. The largest absolute Gasteiger partial charge is 0.497 e. The summed E-state index contributed by atoms with van der Waals surface area (Å²) in [6.45, 7) is 3.03. The highest BCUT2D eigenvalue weighted by Gasteiger charge is 2.39. The zero-order valence-electron chi connectivity index (χ0n) is 12.7. The van der Waals surface area contributed by atoms with Gasteiger partial charge in [0.1, 0.15) is 5.75 Å². The maximum atomic E-state index is 9.72. The first kappa shape index (κ1) is 15.3. The summed E-state index contributed by atoms with van der Waals surface area (Å²) in [6, 6.07) is 12.3. The van der Waals surface area contributed by atoms with Crippen LogP contribution in [-0.2, 0) is 11.3 Å². The number of aliphatic hydroxyl groups is 1. The Bertz CT molecular complexity index is 573. The highest BCUT2D eigenvalue weighted by Crippen LogP contribution is 2.32. The average molecular weight is 319 g/mol. The second kappa shape index (κ2) is 6.69. The van der Waals surface area contributed by atoms with Gasteiger partial charge in [0.05, 0.1) is 38.9 Å². The van der Waals surface area contributed by atoms with Crippen LogP contribution in [0.3, 0.4) is 0 Å². The van der Waals surface area contributed by atoms with E-state index in [1.165, 1.54) is 4.88 Å². The molecule has 4 nitrogen and oxygen atoms in total. The molecule has 0 bridgehead atoms. The van der Waals surface area contributed by atoms with E-state index >= 15 is 0 Å². The van der Waals surface area contributed by atoms with Crippen molar-refractivity contribution in [3.63, 3.8) is 0 Å². The average Bonchev–Trinajstić information content (AvgIpc) is 3.03. The van der Waals surface area contributed by atoms with Gasteiger partial charge in [0.25, 0.3) is 0 Å². The molecular formula is C17H21NO3S. The summed E-state index contributed by atoms with van der Waals surface area (Å²) in [5, 5.41) is 11.8. The van der Waals surface area contributed by atoms with Gasteiger partial charge >= 0.3 is 0 Å². The number of hydrogen-bond acceptors (Lipinski definition) is 5. The molecule has 1 fully saturated rings. The minimum Gasteiger partial charge on any atom is -0.497 e. The zero-order chi connectivity index (χ0) is 15.4. The lowest BCUT2D eigenvalue weighted by atomic mass is 9.86. The van der Waals surface area contributed by atoms with E-state index in [1.54, 1.807) is 18.4 Å². The zero-order valence-corrected chi connectivity index (χ0v) is 13.5. The molecule has 0 saturated carbocycles. The summed E-state index contributed by atoms with van der Waals surface area (Å²) < 4.78 is 10.6. The minimum atomic E-state index is -0.142. The number of aliphatic hydroxyl groups excluding tert-OH is 1. The number of nitrogens with zero attached hydrogens (tertiary/aromatic N) is 1. The molecule has 118 valence electrons. The quantitative estimate of drug-likeness (QED) is 0.852. The molecule has 0 spiro atoms. The molecule has 0 amide bonds. The third-order valence-electron chi connectivity index (χ3n) is 4.04. The molecule has 0 unspecified atom stereocenters. The minimum absolute atomic E-state index is 0.142. The second-order valence-electron chi connectivity index (χ2n) is 5.78. The number of hydrogen-bond donors (Lipinski definition) is 1. The van der Waals surface area contributed by atoms with Gasteiger partial charge in [-0.15, -0.1) is 11.3 Å². The van der Waals surface area contributed by atoms with Gasteiger partial charge in [0, 0.05) is 17.1 Å². The smallest absolute Gasteiger partial charge is 0.119 e. The number of methoxy groups -OCH3 is 1. The third kappa shape index (κ3) is 3.27. The molecule has 1 aliphatic heterocycles. The van der Waals surface area contributed by atoms with Gasteiger partial charge in [-0.3, -0.25) is 0 Å². The SMILES string of the molecule is COc1ccc(N(Cc2cccs2)CC2(CO)COC2)cc1. The Hall–Kier alpha value is -1.56. The van der Waals surface area contributed by atoms with Crippen molar-refractivity contribution in [3.05, 3.63) is 46.7 Å². The molecule has 2 aromatic rings. The highest BCUT2D eigenvalue weighted by atomic mass is 32.1. The van der Waals surface area contributed by atoms with Crippen LogP contribution in [0.25, 0.3) is 0 Å². The van der Waals surface area contributed by atoms with Gasteiger partial charge in [-0.1, -0.05) is 6.07 Å². The van der Waals surface area contributed by atoms with Crippen LogP contribution in [0.15, 0.2) is 41.8 Å². The molecule has 1 aliphatic rings. The van der Waals surface area contributed by atoms with E-state index in [1.807, 2.05) is 12.1 Å². The van der Waals surface area contributed by atoms with Crippen LogP contribution in [0.4, 0.5) is 5.69 Å². The first-order valence-electron chi connectivity index (χ1n) is 7.35. The van der Waals surface area contributed by atoms with E-state index in [-0.39, 0.29) is 12.0 Å². The summed E-state index contributed by atoms with van der Waals surface area (Å²) in [5.74, 6) is 0.851. The Morgan fingerprint density at radius 3 is 2.55 bits per heavy atom. The Labute approximate surface area is 134 Å². The van der Waals surface area contributed by atoms with Crippen molar-refractivity contribution < 1.29 is 14.6 Å². The lowest BCUT2D eigenvalue weighted by molar-refractivity contribution is -0.131. The predicted molar refractivity (Wildman–Crippen MR) is 88.7 cm³/mol.